The number of hydrogen-bond donors (Lipinski definition) is 1. The van der Waals surface area contributed by atoms with E-state index in [1.54, 1.807) is 11.8 Å². The lowest BCUT2D eigenvalue weighted by Gasteiger charge is -2.01. The predicted octanol–water partition coefficient (Wildman–Crippen LogP) is 2.18. The molecule has 0 spiro atoms. The van der Waals surface area contributed by atoms with Crippen LogP contribution in [0.15, 0.2) is 11.6 Å². The summed E-state index contributed by atoms with van der Waals surface area (Å²) >= 11 is 5.95. The van der Waals surface area contributed by atoms with Crippen molar-refractivity contribution in [2.24, 2.45) is 0 Å². The minimum Gasteiger partial charge on any atom is -0.298 e. The van der Waals surface area contributed by atoms with E-state index in [0.29, 0.717) is 0 Å². The van der Waals surface area contributed by atoms with E-state index in [-0.39, 0.29) is 5.25 Å². The van der Waals surface area contributed by atoms with Crippen LogP contribution in [0.1, 0.15) is 13.3 Å². The van der Waals surface area contributed by atoms with Gasteiger partial charge in [-0.25, -0.2) is 0 Å². The van der Waals surface area contributed by atoms with Crippen LogP contribution in [0, 0.1) is 0 Å². The van der Waals surface area contributed by atoms with Crippen molar-refractivity contribution in [2.45, 2.75) is 18.6 Å². The Morgan fingerprint density at radius 3 is 2.73 bits per heavy atom. The van der Waals surface area contributed by atoms with E-state index in [9.17, 15) is 4.79 Å². The maximum absolute atomic E-state index is 10.4. The third-order valence-electron chi connectivity index (χ3n) is 1.32. The first kappa shape index (κ1) is 11.1. The molecule has 0 aliphatic carbocycles. The van der Waals surface area contributed by atoms with Gasteiger partial charge in [-0.3, -0.25) is 4.79 Å². The highest BCUT2D eigenvalue weighted by molar-refractivity contribution is 7.98. The summed E-state index contributed by atoms with van der Waals surface area (Å²) in [5.41, 5.74) is 0.794. The van der Waals surface area contributed by atoms with Crippen molar-refractivity contribution >= 4 is 30.7 Å². The standard InChI is InChI=1S/C8H14OS2/c1-7(10)8(6-9)4-3-5-11-2/h4,6-7,10H,3,5H2,1-2H3. The molecule has 0 heterocycles. The number of thioether (sulfide) groups is 1. The van der Waals surface area contributed by atoms with Crippen LogP contribution in [0.4, 0.5) is 0 Å². The average molecular weight is 190 g/mol. The molecular weight excluding hydrogens is 176 g/mol. The zero-order chi connectivity index (χ0) is 8.69. The van der Waals surface area contributed by atoms with Crippen molar-refractivity contribution in [1.29, 1.82) is 0 Å². The van der Waals surface area contributed by atoms with Crippen molar-refractivity contribution in [2.75, 3.05) is 12.0 Å². The fourth-order valence-electron chi connectivity index (χ4n) is 0.661. The molecule has 11 heavy (non-hydrogen) atoms. The Balaban J connectivity index is 3.81. The van der Waals surface area contributed by atoms with Gasteiger partial charge >= 0.3 is 0 Å². The number of aldehydes is 1. The van der Waals surface area contributed by atoms with Gasteiger partial charge in [-0.05, 0) is 25.4 Å². The highest BCUT2D eigenvalue weighted by Crippen LogP contribution is 2.07. The van der Waals surface area contributed by atoms with E-state index in [1.165, 1.54) is 0 Å². The molecule has 0 N–H and O–H groups in total. The van der Waals surface area contributed by atoms with Gasteiger partial charge in [0.15, 0.2) is 0 Å². The molecule has 1 atom stereocenters. The fourth-order valence-corrected chi connectivity index (χ4v) is 1.18. The molecule has 0 aromatic heterocycles. The molecule has 1 nitrogen and oxygen atoms in total. The molecule has 0 bridgehead atoms. The van der Waals surface area contributed by atoms with Crippen LogP contribution >= 0.6 is 24.4 Å². The molecule has 0 rings (SSSR count). The number of hydrogen-bond acceptors (Lipinski definition) is 3. The normalized spacial score (nSPS) is 14.6. The summed E-state index contributed by atoms with van der Waals surface area (Å²) in [6, 6.07) is 0. The van der Waals surface area contributed by atoms with Crippen LogP contribution in [-0.2, 0) is 4.79 Å². The molecule has 3 heteroatoms. The SMILES string of the molecule is CSCCC=C(C=O)C(C)S. The molecule has 0 aliphatic rings. The molecule has 0 saturated heterocycles. The minimum absolute atomic E-state index is 0.0642. The van der Waals surface area contributed by atoms with E-state index in [1.807, 2.05) is 13.0 Å². The smallest absolute Gasteiger partial charge is 0.146 e. The van der Waals surface area contributed by atoms with Crippen LogP contribution in [-0.4, -0.2) is 23.5 Å². The van der Waals surface area contributed by atoms with Gasteiger partial charge in [-0.15, -0.1) is 0 Å². The van der Waals surface area contributed by atoms with E-state index in [0.717, 1.165) is 24.0 Å². The fraction of sp³-hybridized carbons (Fsp3) is 0.625. The third-order valence-corrected chi connectivity index (χ3v) is 2.26. The topological polar surface area (TPSA) is 17.1 Å². The number of rotatable bonds is 5. The first-order chi connectivity index (χ1) is 5.22. The molecule has 0 aromatic rings. The number of carbonyl (C=O) groups is 1. The van der Waals surface area contributed by atoms with Crippen molar-refractivity contribution in [3.8, 4) is 0 Å². The van der Waals surface area contributed by atoms with Crippen molar-refractivity contribution in [3.63, 3.8) is 0 Å². The second kappa shape index (κ2) is 6.80. The van der Waals surface area contributed by atoms with Crippen LogP contribution in [0.3, 0.4) is 0 Å². The van der Waals surface area contributed by atoms with Crippen molar-refractivity contribution < 1.29 is 4.79 Å². The van der Waals surface area contributed by atoms with Crippen LogP contribution in [0.2, 0.25) is 0 Å². The van der Waals surface area contributed by atoms with Gasteiger partial charge < -0.3 is 0 Å². The second-order valence-electron chi connectivity index (χ2n) is 2.28. The molecule has 0 fully saturated rings. The van der Waals surface area contributed by atoms with E-state index < -0.39 is 0 Å². The Morgan fingerprint density at radius 1 is 1.73 bits per heavy atom. The molecule has 0 saturated carbocycles. The van der Waals surface area contributed by atoms with E-state index in [2.05, 4.69) is 18.9 Å². The summed E-state index contributed by atoms with van der Waals surface area (Å²) in [6.45, 7) is 1.91. The zero-order valence-corrected chi connectivity index (χ0v) is 8.62. The molecule has 0 aromatic carbocycles. The third kappa shape index (κ3) is 5.39. The molecule has 0 aliphatic heterocycles. The van der Waals surface area contributed by atoms with Gasteiger partial charge in [0.05, 0.1) is 0 Å². The Morgan fingerprint density at radius 2 is 2.36 bits per heavy atom. The van der Waals surface area contributed by atoms with Crippen LogP contribution in [0.25, 0.3) is 0 Å². The molecule has 1 unspecified atom stereocenters. The first-order valence-corrected chi connectivity index (χ1v) is 5.45. The number of carbonyl (C=O) groups excluding carboxylic acids is 1. The summed E-state index contributed by atoms with van der Waals surface area (Å²) in [6.07, 6.45) is 5.86. The minimum atomic E-state index is 0.0642. The number of allylic oxidation sites excluding steroid dienone is 1. The van der Waals surface area contributed by atoms with Gasteiger partial charge in [0.25, 0.3) is 0 Å². The van der Waals surface area contributed by atoms with Gasteiger partial charge in [-0.2, -0.15) is 24.4 Å². The van der Waals surface area contributed by atoms with Gasteiger partial charge in [0.2, 0.25) is 0 Å². The van der Waals surface area contributed by atoms with E-state index in [4.69, 9.17) is 0 Å². The van der Waals surface area contributed by atoms with Crippen molar-refractivity contribution in [1.82, 2.24) is 0 Å². The summed E-state index contributed by atoms with van der Waals surface area (Å²) in [5.74, 6) is 1.07. The second-order valence-corrected chi connectivity index (χ2v) is 4.04. The highest BCUT2D eigenvalue weighted by Gasteiger charge is 2.00. The first-order valence-electron chi connectivity index (χ1n) is 3.54. The number of thiol groups is 1. The van der Waals surface area contributed by atoms with Crippen molar-refractivity contribution in [3.05, 3.63) is 11.6 Å². The monoisotopic (exact) mass is 190 g/mol. The quantitative estimate of drug-likeness (QED) is 0.310. The van der Waals surface area contributed by atoms with Crippen LogP contribution in [0.5, 0.6) is 0 Å². The zero-order valence-electron chi connectivity index (χ0n) is 6.91. The Bertz CT molecular complexity index is 141. The molecular formula is C8H14OS2. The highest BCUT2D eigenvalue weighted by atomic mass is 32.2. The van der Waals surface area contributed by atoms with Gasteiger partial charge in [-0.1, -0.05) is 6.08 Å². The lowest BCUT2D eigenvalue weighted by Crippen LogP contribution is -1.98. The average Bonchev–Trinajstić information content (AvgIpc) is 1.97. The lowest BCUT2D eigenvalue weighted by atomic mass is 10.2. The molecule has 0 amide bonds. The van der Waals surface area contributed by atoms with Crippen LogP contribution < -0.4 is 0 Å². The van der Waals surface area contributed by atoms with Gasteiger partial charge in [0.1, 0.15) is 6.29 Å². The summed E-state index contributed by atoms with van der Waals surface area (Å²) < 4.78 is 0. The van der Waals surface area contributed by atoms with E-state index >= 15 is 0 Å². The lowest BCUT2D eigenvalue weighted by molar-refractivity contribution is -0.105. The van der Waals surface area contributed by atoms with Gasteiger partial charge in [0, 0.05) is 10.8 Å². The summed E-state index contributed by atoms with van der Waals surface area (Å²) in [5, 5.41) is 0.0642. The summed E-state index contributed by atoms with van der Waals surface area (Å²) in [4.78, 5) is 10.4. The maximum Gasteiger partial charge on any atom is 0.146 e. The largest absolute Gasteiger partial charge is 0.298 e. The predicted molar refractivity (Wildman–Crippen MR) is 55.6 cm³/mol. The molecule has 0 radical (unpaired) electrons. The Labute approximate surface area is 78.0 Å². The molecule has 64 valence electrons. The Hall–Kier alpha value is 0.110. The summed E-state index contributed by atoms with van der Waals surface area (Å²) in [7, 11) is 0. The Kier molecular flexibility index (Phi) is 6.87. The maximum atomic E-state index is 10.4.